The summed E-state index contributed by atoms with van der Waals surface area (Å²) in [6.45, 7) is 5.19. The smallest absolute Gasteiger partial charge is 0.251 e. The van der Waals surface area contributed by atoms with Gasteiger partial charge in [-0.2, -0.15) is 0 Å². The molecular formula is C19H31N5O. The minimum Gasteiger partial charge on any atom is -0.356 e. The summed E-state index contributed by atoms with van der Waals surface area (Å²) in [6.07, 6.45) is 4.86. The van der Waals surface area contributed by atoms with Gasteiger partial charge in [-0.15, -0.1) is 0 Å². The maximum atomic E-state index is 11.7. The Kier molecular flexibility index (Phi) is 8.25. The van der Waals surface area contributed by atoms with Crippen LogP contribution in [0.4, 0.5) is 0 Å². The van der Waals surface area contributed by atoms with Gasteiger partial charge >= 0.3 is 0 Å². The lowest BCUT2D eigenvalue weighted by atomic mass is 10.1. The highest BCUT2D eigenvalue weighted by Gasteiger charge is 2.09. The summed E-state index contributed by atoms with van der Waals surface area (Å²) in [5, 5.41) is 9.37. The van der Waals surface area contributed by atoms with Gasteiger partial charge in [-0.1, -0.05) is 18.6 Å². The Bertz CT molecular complexity index is 567. The van der Waals surface area contributed by atoms with E-state index in [2.05, 4.69) is 25.8 Å². The fraction of sp³-hybridized carbons (Fsp3) is 0.579. The molecule has 1 heterocycles. The second-order valence-electron chi connectivity index (χ2n) is 6.36. The van der Waals surface area contributed by atoms with Crippen molar-refractivity contribution < 1.29 is 4.79 Å². The molecule has 1 amide bonds. The van der Waals surface area contributed by atoms with Crippen molar-refractivity contribution in [1.82, 2.24) is 20.9 Å². The van der Waals surface area contributed by atoms with Gasteiger partial charge in [0, 0.05) is 39.3 Å². The third-order valence-electron chi connectivity index (χ3n) is 4.52. The van der Waals surface area contributed by atoms with E-state index in [1.807, 2.05) is 24.3 Å². The molecule has 0 aromatic heterocycles. The molecule has 1 fully saturated rings. The van der Waals surface area contributed by atoms with Crippen molar-refractivity contribution in [3.63, 3.8) is 0 Å². The summed E-state index contributed by atoms with van der Waals surface area (Å²) in [6, 6.07) is 7.73. The maximum Gasteiger partial charge on any atom is 0.251 e. The van der Waals surface area contributed by atoms with Crippen LogP contribution in [0.5, 0.6) is 0 Å². The summed E-state index contributed by atoms with van der Waals surface area (Å²) in [5.41, 5.74) is 1.83. The van der Waals surface area contributed by atoms with Crippen molar-refractivity contribution in [2.45, 2.75) is 25.7 Å². The molecule has 0 radical (unpaired) electrons. The van der Waals surface area contributed by atoms with Crippen LogP contribution in [0.2, 0.25) is 0 Å². The van der Waals surface area contributed by atoms with Crippen molar-refractivity contribution in [3.8, 4) is 0 Å². The number of likely N-dealkylation sites (tertiary alicyclic amines) is 1. The summed E-state index contributed by atoms with van der Waals surface area (Å²) in [4.78, 5) is 18.5. The molecule has 6 nitrogen and oxygen atoms in total. The lowest BCUT2D eigenvalue weighted by Gasteiger charge is -2.26. The molecule has 0 atom stereocenters. The first-order chi connectivity index (χ1) is 12.2. The molecule has 1 aromatic carbocycles. The zero-order valence-corrected chi connectivity index (χ0v) is 15.5. The second kappa shape index (κ2) is 10.7. The number of carbonyl (C=O) groups is 1. The van der Waals surface area contributed by atoms with E-state index in [0.29, 0.717) is 5.56 Å². The Morgan fingerprint density at radius 2 is 1.92 bits per heavy atom. The van der Waals surface area contributed by atoms with E-state index in [4.69, 9.17) is 0 Å². The molecule has 6 heteroatoms. The van der Waals surface area contributed by atoms with E-state index in [1.54, 1.807) is 14.1 Å². The minimum atomic E-state index is -0.0509. The molecule has 0 aliphatic carbocycles. The quantitative estimate of drug-likeness (QED) is 0.514. The van der Waals surface area contributed by atoms with E-state index in [-0.39, 0.29) is 5.91 Å². The van der Waals surface area contributed by atoms with E-state index < -0.39 is 0 Å². The molecule has 2 rings (SSSR count). The lowest BCUT2D eigenvalue weighted by Crippen LogP contribution is -2.43. The number of aliphatic imine (C=N–C) groups is 1. The predicted molar refractivity (Wildman–Crippen MR) is 103 cm³/mol. The van der Waals surface area contributed by atoms with Crippen molar-refractivity contribution in [2.75, 3.05) is 46.8 Å². The van der Waals surface area contributed by atoms with Crippen LogP contribution >= 0.6 is 0 Å². The highest BCUT2D eigenvalue weighted by molar-refractivity contribution is 5.94. The first kappa shape index (κ1) is 19.2. The standard InChI is InChI=1S/C19H31N5O/c1-20-18(25)17-8-6-7-16(15-17)9-10-22-19(21-2)23-11-14-24-12-4-3-5-13-24/h6-8,15H,3-5,9-14H2,1-2H3,(H,20,25)(H2,21,22,23). The number of guanidine groups is 1. The Morgan fingerprint density at radius 1 is 1.16 bits per heavy atom. The average Bonchev–Trinajstić information content (AvgIpc) is 2.67. The summed E-state index contributed by atoms with van der Waals surface area (Å²) >= 11 is 0. The van der Waals surface area contributed by atoms with Gasteiger partial charge in [-0.05, 0) is 50.0 Å². The Labute approximate surface area is 151 Å². The van der Waals surface area contributed by atoms with Crippen LogP contribution in [-0.2, 0) is 6.42 Å². The molecule has 138 valence electrons. The highest BCUT2D eigenvalue weighted by atomic mass is 16.1. The molecule has 0 saturated carbocycles. The minimum absolute atomic E-state index is 0.0509. The van der Waals surface area contributed by atoms with Crippen LogP contribution in [0.15, 0.2) is 29.3 Å². The fourth-order valence-corrected chi connectivity index (χ4v) is 3.07. The van der Waals surface area contributed by atoms with Gasteiger partial charge in [-0.25, -0.2) is 0 Å². The SMILES string of the molecule is CN=C(NCCc1cccc(C(=O)NC)c1)NCCN1CCCCC1. The summed E-state index contributed by atoms with van der Waals surface area (Å²) < 4.78 is 0. The number of hydrogen-bond acceptors (Lipinski definition) is 3. The zero-order chi connectivity index (χ0) is 17.9. The van der Waals surface area contributed by atoms with Gasteiger partial charge in [0.15, 0.2) is 5.96 Å². The lowest BCUT2D eigenvalue weighted by molar-refractivity contribution is 0.0963. The number of rotatable bonds is 7. The molecule has 0 spiro atoms. The summed E-state index contributed by atoms with van der Waals surface area (Å²) in [7, 11) is 3.44. The number of nitrogens with zero attached hydrogens (tertiary/aromatic N) is 2. The van der Waals surface area contributed by atoms with Crippen LogP contribution in [0.3, 0.4) is 0 Å². The van der Waals surface area contributed by atoms with E-state index >= 15 is 0 Å². The number of benzene rings is 1. The normalized spacial score (nSPS) is 15.7. The molecule has 1 aliphatic rings. The van der Waals surface area contributed by atoms with Crippen molar-refractivity contribution in [3.05, 3.63) is 35.4 Å². The predicted octanol–water partition coefficient (Wildman–Crippen LogP) is 1.24. The van der Waals surface area contributed by atoms with Crippen LogP contribution in [-0.4, -0.2) is 63.6 Å². The molecule has 3 N–H and O–H groups in total. The van der Waals surface area contributed by atoms with E-state index in [0.717, 1.165) is 37.6 Å². The third kappa shape index (κ3) is 6.74. The number of nitrogens with one attached hydrogen (secondary N) is 3. The largest absolute Gasteiger partial charge is 0.356 e. The monoisotopic (exact) mass is 345 g/mol. The molecule has 1 aromatic rings. The number of hydrogen-bond donors (Lipinski definition) is 3. The second-order valence-corrected chi connectivity index (χ2v) is 6.36. The summed E-state index contributed by atoms with van der Waals surface area (Å²) in [5.74, 6) is 0.782. The fourth-order valence-electron chi connectivity index (χ4n) is 3.07. The number of piperidine rings is 1. The first-order valence-electron chi connectivity index (χ1n) is 9.21. The Balaban J connectivity index is 1.69. The molecular weight excluding hydrogens is 314 g/mol. The maximum absolute atomic E-state index is 11.7. The van der Waals surface area contributed by atoms with Crippen LogP contribution in [0.25, 0.3) is 0 Å². The van der Waals surface area contributed by atoms with Crippen molar-refractivity contribution >= 4 is 11.9 Å². The van der Waals surface area contributed by atoms with E-state index in [9.17, 15) is 4.79 Å². The van der Waals surface area contributed by atoms with Gasteiger partial charge in [0.2, 0.25) is 0 Å². The van der Waals surface area contributed by atoms with Crippen LogP contribution in [0, 0.1) is 0 Å². The van der Waals surface area contributed by atoms with Crippen LogP contribution < -0.4 is 16.0 Å². The van der Waals surface area contributed by atoms with E-state index in [1.165, 1.54) is 32.4 Å². The van der Waals surface area contributed by atoms with Crippen molar-refractivity contribution in [1.29, 1.82) is 0 Å². The topological polar surface area (TPSA) is 68.8 Å². The highest BCUT2D eigenvalue weighted by Crippen LogP contribution is 2.07. The third-order valence-corrected chi connectivity index (χ3v) is 4.52. The Morgan fingerprint density at radius 3 is 2.64 bits per heavy atom. The molecule has 1 aliphatic heterocycles. The van der Waals surface area contributed by atoms with Gasteiger partial charge < -0.3 is 20.9 Å². The number of carbonyl (C=O) groups excluding carboxylic acids is 1. The number of amides is 1. The van der Waals surface area contributed by atoms with Crippen molar-refractivity contribution in [2.24, 2.45) is 4.99 Å². The molecule has 25 heavy (non-hydrogen) atoms. The molecule has 1 saturated heterocycles. The average molecular weight is 345 g/mol. The van der Waals surface area contributed by atoms with Gasteiger partial charge in [-0.3, -0.25) is 9.79 Å². The Hall–Kier alpha value is -2.08. The van der Waals surface area contributed by atoms with Crippen LogP contribution in [0.1, 0.15) is 35.2 Å². The zero-order valence-electron chi connectivity index (χ0n) is 15.5. The first-order valence-corrected chi connectivity index (χ1v) is 9.21. The van der Waals surface area contributed by atoms with Gasteiger partial charge in [0.1, 0.15) is 0 Å². The van der Waals surface area contributed by atoms with Gasteiger partial charge in [0.25, 0.3) is 5.91 Å². The molecule has 0 unspecified atom stereocenters. The van der Waals surface area contributed by atoms with Gasteiger partial charge in [0.05, 0.1) is 0 Å². The molecule has 0 bridgehead atoms.